The van der Waals surface area contributed by atoms with Crippen molar-refractivity contribution >= 4 is 27.7 Å². The van der Waals surface area contributed by atoms with Crippen LogP contribution in [0.3, 0.4) is 0 Å². The van der Waals surface area contributed by atoms with Crippen LogP contribution in [0.4, 0.5) is 0 Å². The largest absolute Gasteiger partial charge is 0.353 e. The fourth-order valence-electron chi connectivity index (χ4n) is 6.77. The summed E-state index contributed by atoms with van der Waals surface area (Å²) >= 11 is 0. The van der Waals surface area contributed by atoms with Crippen molar-refractivity contribution < 1.29 is 4.79 Å². The number of para-hydroxylation sites is 2. The van der Waals surface area contributed by atoms with Gasteiger partial charge in [-0.1, -0.05) is 55.7 Å². The zero-order valence-corrected chi connectivity index (χ0v) is 22.3. The van der Waals surface area contributed by atoms with Crippen LogP contribution in [0.1, 0.15) is 81.3 Å². The Hall–Kier alpha value is -3.18. The predicted molar refractivity (Wildman–Crippen MR) is 155 cm³/mol. The van der Waals surface area contributed by atoms with E-state index in [0.717, 1.165) is 54.6 Å². The quantitative estimate of drug-likeness (QED) is 0.292. The van der Waals surface area contributed by atoms with E-state index in [0.29, 0.717) is 6.42 Å². The molecule has 38 heavy (non-hydrogen) atoms. The number of aromatic nitrogens is 2. The number of amides is 1. The molecule has 1 unspecified atom stereocenters. The number of nitrogens with one attached hydrogen (secondary N) is 1. The molecule has 5 heteroatoms. The summed E-state index contributed by atoms with van der Waals surface area (Å²) in [6.45, 7) is 1.05. The number of hydrogen-bond acceptors (Lipinski definition) is 3. The molecule has 0 saturated heterocycles. The minimum absolute atomic E-state index is 0.0598. The molecule has 0 spiro atoms. The molecular formula is C33H40N4O. The van der Waals surface area contributed by atoms with Gasteiger partial charge in [-0.05, 0) is 73.8 Å². The Morgan fingerprint density at radius 1 is 0.974 bits per heavy atom. The molecule has 0 bridgehead atoms. The molecule has 2 aromatic heterocycles. The summed E-state index contributed by atoms with van der Waals surface area (Å²) in [5.74, 6) is 0.789. The van der Waals surface area contributed by atoms with Gasteiger partial charge < -0.3 is 15.6 Å². The van der Waals surface area contributed by atoms with Crippen LogP contribution in [0.15, 0.2) is 67.0 Å². The van der Waals surface area contributed by atoms with Gasteiger partial charge >= 0.3 is 0 Å². The van der Waals surface area contributed by atoms with Gasteiger partial charge in [0.05, 0.1) is 5.52 Å². The van der Waals surface area contributed by atoms with E-state index in [1.54, 1.807) is 0 Å². The molecule has 5 nitrogen and oxygen atoms in total. The Bertz CT molecular complexity index is 1390. The maximum Gasteiger partial charge on any atom is 0.221 e. The van der Waals surface area contributed by atoms with Gasteiger partial charge in [-0.25, -0.2) is 0 Å². The molecule has 2 aromatic carbocycles. The Balaban J connectivity index is 1.35. The van der Waals surface area contributed by atoms with Gasteiger partial charge in [0, 0.05) is 59.7 Å². The maximum atomic E-state index is 13.5. The number of carbonyl (C=O) groups is 1. The molecular weight excluding hydrogens is 468 g/mol. The van der Waals surface area contributed by atoms with E-state index < -0.39 is 0 Å². The molecule has 2 heterocycles. The van der Waals surface area contributed by atoms with Crippen LogP contribution in [-0.4, -0.2) is 27.5 Å². The summed E-state index contributed by atoms with van der Waals surface area (Å²) in [5, 5.41) is 5.71. The van der Waals surface area contributed by atoms with Crippen molar-refractivity contribution in [2.75, 3.05) is 0 Å². The first kappa shape index (κ1) is 25.1. The van der Waals surface area contributed by atoms with Crippen molar-refractivity contribution in [3.05, 3.63) is 78.1 Å². The number of fused-ring (bicyclic) bond motifs is 2. The molecule has 6 rings (SSSR count). The van der Waals surface area contributed by atoms with E-state index >= 15 is 0 Å². The summed E-state index contributed by atoms with van der Waals surface area (Å²) in [5.41, 5.74) is 10.7. The molecule has 2 aliphatic carbocycles. The van der Waals surface area contributed by atoms with Crippen molar-refractivity contribution in [3.8, 4) is 0 Å². The third kappa shape index (κ3) is 5.49. The molecule has 2 fully saturated rings. The number of rotatable bonds is 7. The van der Waals surface area contributed by atoms with Crippen molar-refractivity contribution in [1.29, 1.82) is 0 Å². The summed E-state index contributed by atoms with van der Waals surface area (Å²) in [7, 11) is 0. The van der Waals surface area contributed by atoms with Crippen molar-refractivity contribution in [2.45, 2.75) is 88.8 Å². The van der Waals surface area contributed by atoms with Gasteiger partial charge in [0.25, 0.3) is 0 Å². The Morgan fingerprint density at radius 3 is 2.58 bits per heavy atom. The summed E-state index contributed by atoms with van der Waals surface area (Å²) < 4.78 is 2.46. The van der Waals surface area contributed by atoms with Crippen LogP contribution in [-0.2, 0) is 11.3 Å². The second-order valence-electron chi connectivity index (χ2n) is 11.7. The normalized spacial score (nSPS) is 21.5. The lowest BCUT2D eigenvalue weighted by Crippen LogP contribution is -2.40. The number of benzene rings is 2. The fraction of sp³-hybridized carbons (Fsp3) is 0.455. The lowest BCUT2D eigenvalue weighted by Gasteiger charge is -2.27. The second-order valence-corrected chi connectivity index (χ2v) is 11.7. The van der Waals surface area contributed by atoms with Crippen LogP contribution < -0.4 is 11.1 Å². The van der Waals surface area contributed by atoms with Crippen LogP contribution in [0.2, 0.25) is 0 Å². The predicted octanol–water partition coefficient (Wildman–Crippen LogP) is 6.68. The highest BCUT2D eigenvalue weighted by atomic mass is 16.1. The van der Waals surface area contributed by atoms with Crippen molar-refractivity contribution in [1.82, 2.24) is 14.9 Å². The highest BCUT2D eigenvalue weighted by molar-refractivity contribution is 5.87. The lowest BCUT2D eigenvalue weighted by molar-refractivity contribution is -0.122. The first-order chi connectivity index (χ1) is 18.6. The average Bonchev–Trinajstić information content (AvgIpc) is 3.31. The zero-order valence-electron chi connectivity index (χ0n) is 22.3. The molecule has 198 valence electrons. The highest BCUT2D eigenvalue weighted by Gasteiger charge is 2.26. The molecule has 2 aliphatic rings. The molecule has 1 amide bonds. The Kier molecular flexibility index (Phi) is 7.46. The highest BCUT2D eigenvalue weighted by Crippen LogP contribution is 2.37. The summed E-state index contributed by atoms with van der Waals surface area (Å²) in [6.07, 6.45) is 15.3. The molecule has 4 aromatic rings. The first-order valence-corrected chi connectivity index (χ1v) is 14.6. The van der Waals surface area contributed by atoms with E-state index in [9.17, 15) is 4.79 Å². The van der Waals surface area contributed by atoms with Gasteiger partial charge in [-0.2, -0.15) is 0 Å². The SMILES string of the molecule is NC1CCC(NC(=O)CC(c2cnc3ccccc3c2)c2cn(CC3CCCCC3)c3ccccc23)CC1. The summed E-state index contributed by atoms with van der Waals surface area (Å²) in [4.78, 5) is 18.3. The number of pyridine rings is 1. The van der Waals surface area contributed by atoms with Crippen molar-refractivity contribution in [2.24, 2.45) is 11.7 Å². The third-order valence-corrected chi connectivity index (χ3v) is 8.91. The van der Waals surface area contributed by atoms with Gasteiger partial charge in [-0.15, -0.1) is 0 Å². The van der Waals surface area contributed by atoms with Gasteiger partial charge in [0.2, 0.25) is 5.91 Å². The van der Waals surface area contributed by atoms with Gasteiger partial charge in [-0.3, -0.25) is 9.78 Å². The Morgan fingerprint density at radius 2 is 1.74 bits per heavy atom. The topological polar surface area (TPSA) is 72.9 Å². The van der Waals surface area contributed by atoms with E-state index in [4.69, 9.17) is 10.7 Å². The first-order valence-electron chi connectivity index (χ1n) is 14.6. The van der Waals surface area contributed by atoms with E-state index in [2.05, 4.69) is 58.5 Å². The molecule has 3 N–H and O–H groups in total. The van der Waals surface area contributed by atoms with Crippen LogP contribution in [0, 0.1) is 5.92 Å². The molecule has 0 aliphatic heterocycles. The molecule has 1 atom stereocenters. The minimum Gasteiger partial charge on any atom is -0.353 e. The number of nitrogens with zero attached hydrogens (tertiary/aromatic N) is 2. The van der Waals surface area contributed by atoms with E-state index in [-0.39, 0.29) is 23.9 Å². The lowest BCUT2D eigenvalue weighted by atomic mass is 9.87. The number of carbonyl (C=O) groups excluding carboxylic acids is 1. The second kappa shape index (κ2) is 11.3. The van der Waals surface area contributed by atoms with Crippen molar-refractivity contribution in [3.63, 3.8) is 0 Å². The summed E-state index contributed by atoms with van der Waals surface area (Å²) in [6, 6.07) is 19.7. The molecule has 2 saturated carbocycles. The zero-order chi connectivity index (χ0) is 25.9. The Labute approximate surface area is 225 Å². The minimum atomic E-state index is -0.0598. The number of nitrogens with two attached hydrogens (primary N) is 1. The maximum absolute atomic E-state index is 13.5. The molecule has 0 radical (unpaired) electrons. The third-order valence-electron chi connectivity index (χ3n) is 8.91. The standard InChI is InChI=1S/C33H40N4O/c34-26-14-16-27(17-15-26)36-33(38)19-29(25-18-24-10-4-6-12-31(24)35-20-25)30-22-37(21-23-8-2-1-3-9-23)32-13-7-5-11-28(30)32/h4-7,10-13,18,20,22-23,26-27,29H,1-3,8-9,14-17,19,21,34H2,(H,36,38). The van der Waals surface area contributed by atoms with Crippen LogP contribution in [0.5, 0.6) is 0 Å². The van der Waals surface area contributed by atoms with Gasteiger partial charge in [0.1, 0.15) is 0 Å². The van der Waals surface area contributed by atoms with E-state index in [1.807, 2.05) is 18.3 Å². The fourth-order valence-corrected chi connectivity index (χ4v) is 6.77. The van der Waals surface area contributed by atoms with Gasteiger partial charge in [0.15, 0.2) is 0 Å². The monoisotopic (exact) mass is 508 g/mol. The smallest absolute Gasteiger partial charge is 0.221 e. The van der Waals surface area contributed by atoms with E-state index in [1.165, 1.54) is 48.6 Å². The van der Waals surface area contributed by atoms with Crippen LogP contribution in [0.25, 0.3) is 21.8 Å². The number of hydrogen-bond donors (Lipinski definition) is 2. The van der Waals surface area contributed by atoms with Crippen LogP contribution >= 0.6 is 0 Å². The average molecular weight is 509 g/mol.